The van der Waals surface area contributed by atoms with Crippen LogP contribution in [0.3, 0.4) is 0 Å². The van der Waals surface area contributed by atoms with Crippen LogP contribution >= 0.6 is 0 Å². The first-order valence-corrected chi connectivity index (χ1v) is 8.00. The third-order valence-electron chi connectivity index (χ3n) is 4.88. The summed E-state index contributed by atoms with van der Waals surface area (Å²) in [6.07, 6.45) is 0.667. The molecule has 0 aliphatic carbocycles. The standard InChI is InChI=1S/C20H26N2O/c1-16(22(2,3)4)15-20(19(21)23,17-11-7-5-8-12-17)18-13-9-6-10-14-18/h5-14,16H,15H2,1-4H3,(H-,21,23)/p+1. The molecular weight excluding hydrogens is 284 g/mol. The first-order valence-electron chi connectivity index (χ1n) is 8.00. The van der Waals surface area contributed by atoms with E-state index in [1.54, 1.807) is 0 Å². The van der Waals surface area contributed by atoms with Crippen molar-refractivity contribution < 1.29 is 9.28 Å². The number of nitrogens with two attached hydrogens (primary N) is 1. The van der Waals surface area contributed by atoms with Crippen LogP contribution in [-0.4, -0.2) is 37.6 Å². The fourth-order valence-corrected chi connectivity index (χ4v) is 2.95. The van der Waals surface area contributed by atoms with Crippen LogP contribution in [-0.2, 0) is 10.2 Å². The van der Waals surface area contributed by atoms with Gasteiger partial charge in [0.05, 0.1) is 27.2 Å². The van der Waals surface area contributed by atoms with Crippen molar-refractivity contribution in [2.24, 2.45) is 5.73 Å². The van der Waals surface area contributed by atoms with Crippen molar-refractivity contribution in [3.8, 4) is 0 Å². The average Bonchev–Trinajstić information content (AvgIpc) is 2.52. The smallest absolute Gasteiger partial charge is 0.232 e. The monoisotopic (exact) mass is 311 g/mol. The summed E-state index contributed by atoms with van der Waals surface area (Å²) in [6, 6.07) is 20.1. The highest BCUT2D eigenvalue weighted by atomic mass is 16.1. The Hall–Kier alpha value is -2.13. The van der Waals surface area contributed by atoms with Crippen LogP contribution < -0.4 is 5.73 Å². The minimum atomic E-state index is -0.812. The summed E-state index contributed by atoms with van der Waals surface area (Å²) >= 11 is 0. The fourth-order valence-electron chi connectivity index (χ4n) is 2.95. The van der Waals surface area contributed by atoms with Crippen molar-refractivity contribution in [3.63, 3.8) is 0 Å². The van der Waals surface area contributed by atoms with Crippen LogP contribution in [0.15, 0.2) is 60.7 Å². The van der Waals surface area contributed by atoms with Gasteiger partial charge in [0.1, 0.15) is 5.41 Å². The third-order valence-corrected chi connectivity index (χ3v) is 4.88. The Morgan fingerprint density at radius 1 is 0.957 bits per heavy atom. The normalized spacial score (nSPS) is 13.6. The maximum Gasteiger partial charge on any atom is 0.232 e. The fraction of sp³-hybridized carbons (Fsp3) is 0.350. The number of nitrogens with zero attached hydrogens (tertiary/aromatic N) is 1. The molecule has 3 nitrogen and oxygen atoms in total. The summed E-state index contributed by atoms with van der Waals surface area (Å²) in [6.45, 7) is 2.17. The number of hydrogen-bond donors (Lipinski definition) is 1. The van der Waals surface area contributed by atoms with Gasteiger partial charge in [0.25, 0.3) is 0 Å². The quantitative estimate of drug-likeness (QED) is 0.819. The molecule has 1 atom stereocenters. The van der Waals surface area contributed by atoms with Crippen molar-refractivity contribution in [1.29, 1.82) is 0 Å². The van der Waals surface area contributed by atoms with Crippen LogP contribution in [0.2, 0.25) is 0 Å². The van der Waals surface area contributed by atoms with Gasteiger partial charge in [0.15, 0.2) is 0 Å². The number of quaternary nitrogens is 1. The summed E-state index contributed by atoms with van der Waals surface area (Å²) < 4.78 is 0.773. The summed E-state index contributed by atoms with van der Waals surface area (Å²) in [5.41, 5.74) is 7.08. The van der Waals surface area contributed by atoms with Gasteiger partial charge in [-0.3, -0.25) is 4.79 Å². The van der Waals surface area contributed by atoms with Gasteiger partial charge in [-0.25, -0.2) is 0 Å². The van der Waals surface area contributed by atoms with Crippen LogP contribution in [0, 0.1) is 0 Å². The number of hydrogen-bond acceptors (Lipinski definition) is 1. The van der Waals surface area contributed by atoms with E-state index < -0.39 is 5.41 Å². The minimum absolute atomic E-state index is 0.267. The first kappa shape index (κ1) is 17.2. The predicted molar refractivity (Wildman–Crippen MR) is 95.0 cm³/mol. The van der Waals surface area contributed by atoms with E-state index in [4.69, 9.17) is 5.73 Å². The molecule has 0 fully saturated rings. The Balaban J connectivity index is 2.64. The first-order chi connectivity index (χ1) is 10.8. The van der Waals surface area contributed by atoms with E-state index in [-0.39, 0.29) is 11.9 Å². The van der Waals surface area contributed by atoms with Crippen LogP contribution in [0.1, 0.15) is 24.5 Å². The Kier molecular flexibility index (Phi) is 4.90. The summed E-state index contributed by atoms with van der Waals surface area (Å²) in [5, 5.41) is 0. The maximum absolute atomic E-state index is 12.7. The van der Waals surface area contributed by atoms with E-state index in [1.807, 2.05) is 60.7 Å². The van der Waals surface area contributed by atoms with Crippen LogP contribution in [0.5, 0.6) is 0 Å². The number of carbonyl (C=O) groups excluding carboxylic acids is 1. The minimum Gasteiger partial charge on any atom is -0.369 e. The molecule has 0 aliphatic rings. The molecule has 0 radical (unpaired) electrons. The lowest BCUT2D eigenvalue weighted by molar-refractivity contribution is -0.894. The molecule has 2 N–H and O–H groups in total. The molecule has 0 bridgehead atoms. The molecule has 0 aliphatic heterocycles. The number of benzene rings is 2. The second-order valence-corrected chi connectivity index (χ2v) is 7.17. The molecule has 122 valence electrons. The third kappa shape index (κ3) is 3.45. The van der Waals surface area contributed by atoms with E-state index >= 15 is 0 Å². The SMILES string of the molecule is CC(CC(C(N)=O)(c1ccccc1)c1ccccc1)[N+](C)(C)C. The molecule has 2 rings (SSSR count). The van der Waals surface area contributed by atoms with Gasteiger partial charge in [-0.05, 0) is 18.1 Å². The Bertz CT molecular complexity index is 605. The topological polar surface area (TPSA) is 43.1 Å². The van der Waals surface area contributed by atoms with E-state index in [9.17, 15) is 4.79 Å². The van der Waals surface area contributed by atoms with E-state index in [0.717, 1.165) is 15.6 Å². The summed E-state index contributed by atoms with van der Waals surface area (Å²) in [5.74, 6) is -0.296. The van der Waals surface area contributed by atoms with Gasteiger partial charge in [-0.15, -0.1) is 0 Å². The molecule has 0 spiro atoms. The molecule has 0 heterocycles. The average molecular weight is 311 g/mol. The largest absolute Gasteiger partial charge is 0.369 e. The highest BCUT2D eigenvalue weighted by molar-refractivity contribution is 5.90. The Labute approximate surface area is 139 Å². The van der Waals surface area contributed by atoms with E-state index in [1.165, 1.54) is 0 Å². The molecule has 3 heteroatoms. The number of amides is 1. The predicted octanol–water partition coefficient (Wildman–Crippen LogP) is 2.94. The van der Waals surface area contributed by atoms with Gasteiger partial charge >= 0.3 is 0 Å². The Morgan fingerprint density at radius 3 is 1.65 bits per heavy atom. The highest BCUT2D eigenvalue weighted by Crippen LogP contribution is 2.38. The van der Waals surface area contributed by atoms with Crippen molar-refractivity contribution in [2.75, 3.05) is 21.1 Å². The zero-order valence-corrected chi connectivity index (χ0v) is 14.5. The van der Waals surface area contributed by atoms with Crippen LogP contribution in [0.25, 0.3) is 0 Å². The van der Waals surface area contributed by atoms with Gasteiger partial charge in [0.2, 0.25) is 5.91 Å². The zero-order valence-electron chi connectivity index (χ0n) is 14.5. The molecule has 1 unspecified atom stereocenters. The molecule has 2 aromatic carbocycles. The number of rotatable bonds is 6. The lowest BCUT2D eigenvalue weighted by Gasteiger charge is -2.39. The number of primary amides is 1. The lowest BCUT2D eigenvalue weighted by Crippen LogP contribution is -2.51. The van der Waals surface area contributed by atoms with Crippen molar-refractivity contribution in [1.82, 2.24) is 0 Å². The van der Waals surface area contributed by atoms with Crippen LogP contribution in [0.4, 0.5) is 0 Å². The van der Waals surface area contributed by atoms with Gasteiger partial charge in [0, 0.05) is 6.42 Å². The van der Waals surface area contributed by atoms with Crippen molar-refractivity contribution in [2.45, 2.75) is 24.8 Å². The molecule has 1 amide bonds. The second-order valence-electron chi connectivity index (χ2n) is 7.17. The van der Waals surface area contributed by atoms with E-state index in [0.29, 0.717) is 6.42 Å². The molecule has 23 heavy (non-hydrogen) atoms. The second kappa shape index (κ2) is 6.55. The molecule has 0 saturated carbocycles. The van der Waals surface area contributed by atoms with Crippen molar-refractivity contribution in [3.05, 3.63) is 71.8 Å². The molecule has 2 aromatic rings. The van der Waals surface area contributed by atoms with Crippen molar-refractivity contribution >= 4 is 5.91 Å². The Morgan fingerprint density at radius 2 is 1.35 bits per heavy atom. The van der Waals surface area contributed by atoms with Gasteiger partial charge in [-0.1, -0.05) is 60.7 Å². The summed E-state index contributed by atoms with van der Waals surface area (Å²) in [4.78, 5) is 12.7. The summed E-state index contributed by atoms with van der Waals surface area (Å²) in [7, 11) is 6.44. The van der Waals surface area contributed by atoms with Gasteiger partial charge in [-0.2, -0.15) is 0 Å². The molecule has 0 aromatic heterocycles. The lowest BCUT2D eigenvalue weighted by atomic mass is 9.69. The highest BCUT2D eigenvalue weighted by Gasteiger charge is 2.44. The molecule has 0 saturated heterocycles. The molecular formula is C20H27N2O+. The number of carbonyl (C=O) groups is 1. The zero-order chi connectivity index (χ0) is 17.1. The van der Waals surface area contributed by atoms with E-state index in [2.05, 4.69) is 28.1 Å². The maximum atomic E-state index is 12.7. The van der Waals surface area contributed by atoms with Gasteiger partial charge < -0.3 is 10.2 Å².